The van der Waals surface area contributed by atoms with E-state index in [1.165, 1.54) is 0 Å². The molecular weight excluding hydrogens is 292 g/mol. The second kappa shape index (κ2) is 6.18. The summed E-state index contributed by atoms with van der Waals surface area (Å²) in [5.74, 6) is 0.135. The van der Waals surface area contributed by atoms with Gasteiger partial charge in [-0.2, -0.15) is 0 Å². The van der Waals surface area contributed by atoms with Gasteiger partial charge in [-0.15, -0.1) is 0 Å². The Balaban J connectivity index is 1.49. The summed E-state index contributed by atoms with van der Waals surface area (Å²) in [6.07, 6.45) is 5.29. The molecule has 1 aromatic rings. The molecule has 2 aliphatic rings. The maximum absolute atomic E-state index is 12.3. The molecule has 3 rings (SSSR count). The van der Waals surface area contributed by atoms with E-state index in [-0.39, 0.29) is 29.3 Å². The fourth-order valence-electron chi connectivity index (χ4n) is 3.39. The number of carbonyl (C=O) groups excluding carboxylic acids is 2. The van der Waals surface area contributed by atoms with Crippen molar-refractivity contribution in [3.05, 3.63) is 30.1 Å². The van der Waals surface area contributed by atoms with Crippen LogP contribution in [0.3, 0.4) is 0 Å². The highest BCUT2D eigenvalue weighted by Gasteiger charge is 2.61. The van der Waals surface area contributed by atoms with Gasteiger partial charge < -0.3 is 15.5 Å². The van der Waals surface area contributed by atoms with Gasteiger partial charge >= 0.3 is 6.03 Å². The number of nitrogens with one attached hydrogen (secondary N) is 2. The summed E-state index contributed by atoms with van der Waals surface area (Å²) in [6.45, 7) is 5.85. The van der Waals surface area contributed by atoms with Gasteiger partial charge in [-0.25, -0.2) is 4.79 Å². The van der Waals surface area contributed by atoms with Crippen LogP contribution in [0, 0.1) is 11.3 Å². The van der Waals surface area contributed by atoms with E-state index in [2.05, 4.69) is 15.6 Å². The average Bonchev–Trinajstić information content (AvgIpc) is 3.05. The monoisotopic (exact) mass is 316 g/mol. The number of amides is 3. The molecule has 1 aliphatic carbocycles. The van der Waals surface area contributed by atoms with Crippen LogP contribution >= 0.6 is 0 Å². The van der Waals surface area contributed by atoms with E-state index in [4.69, 9.17) is 0 Å². The molecular formula is C17H24N4O2. The summed E-state index contributed by atoms with van der Waals surface area (Å²) in [4.78, 5) is 30.3. The average molecular weight is 316 g/mol. The molecule has 23 heavy (non-hydrogen) atoms. The van der Waals surface area contributed by atoms with Crippen LogP contribution in [0.2, 0.25) is 0 Å². The Morgan fingerprint density at radius 1 is 1.48 bits per heavy atom. The number of nitrogens with zero attached hydrogens (tertiary/aromatic N) is 2. The molecule has 1 saturated carbocycles. The van der Waals surface area contributed by atoms with Crippen LogP contribution in [0.5, 0.6) is 0 Å². The first-order valence-corrected chi connectivity index (χ1v) is 8.22. The number of rotatable bonds is 4. The zero-order valence-electron chi connectivity index (χ0n) is 13.7. The minimum atomic E-state index is -0.0155. The third kappa shape index (κ3) is 3.46. The maximum atomic E-state index is 12.3. The maximum Gasteiger partial charge on any atom is 0.317 e. The summed E-state index contributed by atoms with van der Waals surface area (Å²) in [5.41, 5.74) is 1.01. The smallest absolute Gasteiger partial charge is 0.317 e. The van der Waals surface area contributed by atoms with E-state index in [0.29, 0.717) is 13.1 Å². The van der Waals surface area contributed by atoms with Crippen molar-refractivity contribution >= 4 is 11.9 Å². The van der Waals surface area contributed by atoms with Crippen LogP contribution in [0.1, 0.15) is 32.3 Å². The van der Waals surface area contributed by atoms with Crippen molar-refractivity contribution in [2.45, 2.75) is 39.3 Å². The number of likely N-dealkylation sites (tertiary alicyclic amines) is 1. The molecule has 0 aromatic carbocycles. The van der Waals surface area contributed by atoms with Crippen LogP contribution in [0.25, 0.3) is 0 Å². The van der Waals surface area contributed by atoms with Crippen LogP contribution in [0.15, 0.2) is 24.5 Å². The molecule has 2 N–H and O–H groups in total. The van der Waals surface area contributed by atoms with Crippen molar-refractivity contribution in [3.8, 4) is 0 Å². The zero-order chi connectivity index (χ0) is 16.4. The summed E-state index contributed by atoms with van der Waals surface area (Å²) < 4.78 is 0. The van der Waals surface area contributed by atoms with Crippen molar-refractivity contribution < 1.29 is 9.59 Å². The number of aromatic nitrogens is 1. The lowest BCUT2D eigenvalue weighted by Gasteiger charge is -2.19. The summed E-state index contributed by atoms with van der Waals surface area (Å²) in [5, 5.41) is 5.91. The molecule has 1 spiro atoms. The summed E-state index contributed by atoms with van der Waals surface area (Å²) >= 11 is 0. The minimum Gasteiger partial charge on any atom is -0.352 e. The highest BCUT2D eigenvalue weighted by atomic mass is 16.2. The van der Waals surface area contributed by atoms with Gasteiger partial charge in [0.1, 0.15) is 0 Å². The van der Waals surface area contributed by atoms with Gasteiger partial charge in [0.15, 0.2) is 0 Å². The van der Waals surface area contributed by atoms with Crippen molar-refractivity contribution in [2.24, 2.45) is 11.3 Å². The molecule has 2 fully saturated rings. The number of carbonyl (C=O) groups is 2. The Morgan fingerprint density at radius 2 is 2.30 bits per heavy atom. The molecule has 3 amide bonds. The Morgan fingerprint density at radius 3 is 3.00 bits per heavy atom. The first-order chi connectivity index (χ1) is 11.0. The molecule has 0 bridgehead atoms. The van der Waals surface area contributed by atoms with Gasteiger partial charge in [0, 0.05) is 49.4 Å². The van der Waals surface area contributed by atoms with E-state index in [1.54, 1.807) is 12.4 Å². The van der Waals surface area contributed by atoms with Gasteiger partial charge in [0.2, 0.25) is 5.91 Å². The first kappa shape index (κ1) is 15.8. The second-order valence-corrected chi connectivity index (χ2v) is 6.97. The fourth-order valence-corrected chi connectivity index (χ4v) is 3.39. The van der Waals surface area contributed by atoms with Crippen molar-refractivity contribution in [3.63, 3.8) is 0 Å². The molecule has 0 unspecified atom stereocenters. The Kier molecular flexibility index (Phi) is 4.24. The standard InChI is InChI=1S/C17H24N4O2/c1-12(2)20-16(23)21-7-5-17(11-21)8-14(17)15(22)19-10-13-4-3-6-18-9-13/h3-4,6,9,12,14H,5,7-8,10-11H2,1-2H3,(H,19,22)(H,20,23)/t14-,17-/m0/s1. The van der Waals surface area contributed by atoms with Crippen LogP contribution in [-0.4, -0.2) is 41.0 Å². The largest absolute Gasteiger partial charge is 0.352 e. The SMILES string of the molecule is CC(C)NC(=O)N1CC[C@]2(C[C@H]2C(=O)NCc2cccnc2)C1. The molecule has 124 valence electrons. The van der Waals surface area contributed by atoms with Crippen LogP contribution in [0.4, 0.5) is 4.79 Å². The van der Waals surface area contributed by atoms with Gasteiger partial charge in [-0.3, -0.25) is 9.78 Å². The van der Waals surface area contributed by atoms with E-state index in [0.717, 1.165) is 24.9 Å². The zero-order valence-corrected chi connectivity index (χ0v) is 13.7. The van der Waals surface area contributed by atoms with Gasteiger partial charge in [0.05, 0.1) is 0 Å². The van der Waals surface area contributed by atoms with Gasteiger partial charge in [-0.05, 0) is 38.3 Å². The highest BCUT2D eigenvalue weighted by molar-refractivity contribution is 5.83. The third-order valence-corrected chi connectivity index (χ3v) is 4.78. The second-order valence-electron chi connectivity index (χ2n) is 6.97. The summed E-state index contributed by atoms with van der Waals surface area (Å²) in [7, 11) is 0. The summed E-state index contributed by atoms with van der Waals surface area (Å²) in [6, 6.07) is 3.93. The lowest BCUT2D eigenvalue weighted by Crippen LogP contribution is -2.42. The molecule has 1 aromatic heterocycles. The predicted molar refractivity (Wildman–Crippen MR) is 86.5 cm³/mol. The number of hydrogen-bond acceptors (Lipinski definition) is 3. The topological polar surface area (TPSA) is 74.3 Å². The van der Waals surface area contributed by atoms with E-state index < -0.39 is 0 Å². The van der Waals surface area contributed by atoms with Gasteiger partial charge in [0.25, 0.3) is 0 Å². The van der Waals surface area contributed by atoms with Crippen molar-refractivity contribution in [1.82, 2.24) is 20.5 Å². The Hall–Kier alpha value is -2.11. The van der Waals surface area contributed by atoms with Crippen LogP contribution < -0.4 is 10.6 Å². The molecule has 0 radical (unpaired) electrons. The molecule has 2 atom stereocenters. The molecule has 1 saturated heterocycles. The van der Waals surface area contributed by atoms with E-state index >= 15 is 0 Å². The van der Waals surface area contributed by atoms with E-state index in [1.807, 2.05) is 30.9 Å². The molecule has 1 aliphatic heterocycles. The third-order valence-electron chi connectivity index (χ3n) is 4.78. The van der Waals surface area contributed by atoms with E-state index in [9.17, 15) is 9.59 Å². The Labute approximate surface area is 136 Å². The van der Waals surface area contributed by atoms with Crippen LogP contribution in [-0.2, 0) is 11.3 Å². The predicted octanol–water partition coefficient (Wildman–Crippen LogP) is 1.53. The fraction of sp³-hybridized carbons (Fsp3) is 0.588. The number of pyridine rings is 1. The molecule has 2 heterocycles. The number of urea groups is 1. The minimum absolute atomic E-state index is 0.00728. The lowest BCUT2D eigenvalue weighted by molar-refractivity contribution is -0.123. The lowest BCUT2D eigenvalue weighted by atomic mass is 10.0. The van der Waals surface area contributed by atoms with Crippen molar-refractivity contribution in [1.29, 1.82) is 0 Å². The highest BCUT2D eigenvalue weighted by Crippen LogP contribution is 2.58. The number of hydrogen-bond donors (Lipinski definition) is 2. The van der Waals surface area contributed by atoms with Crippen molar-refractivity contribution in [2.75, 3.05) is 13.1 Å². The molecule has 6 nitrogen and oxygen atoms in total. The first-order valence-electron chi connectivity index (χ1n) is 8.22. The molecule has 6 heteroatoms. The Bertz CT molecular complexity index is 590. The van der Waals surface area contributed by atoms with Gasteiger partial charge in [-0.1, -0.05) is 6.07 Å². The normalized spacial score (nSPS) is 25.7. The quantitative estimate of drug-likeness (QED) is 0.884.